The van der Waals surface area contributed by atoms with E-state index in [1.807, 2.05) is 60.4 Å². The Balaban J connectivity index is 1.89. The van der Waals surface area contributed by atoms with Crippen molar-refractivity contribution in [2.75, 3.05) is 18.6 Å². The molecule has 0 aromatic heterocycles. The van der Waals surface area contributed by atoms with E-state index in [0.29, 0.717) is 23.2 Å². The summed E-state index contributed by atoms with van der Waals surface area (Å²) in [5.41, 5.74) is 0.625. The van der Waals surface area contributed by atoms with Gasteiger partial charge in [-0.15, -0.1) is 0 Å². The highest BCUT2D eigenvalue weighted by Gasteiger charge is 2.59. The maximum Gasteiger partial charge on any atom is 0.317 e. The molecule has 2 aromatic rings. The molecule has 0 aliphatic carbocycles. The molecule has 2 aliphatic rings. The number of anilines is 1. The Bertz CT molecular complexity index is 920. The first kappa shape index (κ1) is 18.6. The van der Waals surface area contributed by atoms with Crippen LogP contribution in [0.1, 0.15) is 25.5 Å². The van der Waals surface area contributed by atoms with E-state index < -0.39 is 11.6 Å². The van der Waals surface area contributed by atoms with Crippen LogP contribution < -0.4 is 19.7 Å². The monoisotopic (exact) mass is 398 g/mol. The number of nitrogens with one attached hydrogen (secondary N) is 1. The lowest BCUT2D eigenvalue weighted by Gasteiger charge is -2.55. The van der Waals surface area contributed by atoms with Gasteiger partial charge in [0.25, 0.3) is 0 Å². The molecule has 4 rings (SSSR count). The van der Waals surface area contributed by atoms with Gasteiger partial charge in [0.05, 0.1) is 19.8 Å². The van der Waals surface area contributed by atoms with Crippen molar-refractivity contribution in [3.05, 3.63) is 54.1 Å². The SMILES string of the molecule is CCOC(=O)C1C2NC(=S)N(c3ccccc3)C1(C)Oc1ccc(OC)cc12. The average Bonchev–Trinajstić information content (AvgIpc) is 2.68. The minimum absolute atomic E-state index is 0.291. The number of carbonyl (C=O) groups is 1. The summed E-state index contributed by atoms with van der Waals surface area (Å²) < 4.78 is 17.2. The molecule has 7 heteroatoms. The van der Waals surface area contributed by atoms with Crippen molar-refractivity contribution in [3.8, 4) is 11.5 Å². The quantitative estimate of drug-likeness (QED) is 0.625. The van der Waals surface area contributed by atoms with Crippen molar-refractivity contribution >= 4 is 29.0 Å². The summed E-state index contributed by atoms with van der Waals surface area (Å²) in [6, 6.07) is 14.9. The van der Waals surface area contributed by atoms with E-state index >= 15 is 0 Å². The third-order valence-corrected chi connectivity index (χ3v) is 5.56. The molecular formula is C21H22N2O4S. The Morgan fingerprint density at radius 2 is 2.04 bits per heavy atom. The molecule has 28 heavy (non-hydrogen) atoms. The fourth-order valence-electron chi connectivity index (χ4n) is 4.05. The van der Waals surface area contributed by atoms with Crippen molar-refractivity contribution in [3.63, 3.8) is 0 Å². The van der Waals surface area contributed by atoms with Crippen LogP contribution in [0.25, 0.3) is 0 Å². The number of thiocarbonyl (C=S) groups is 1. The van der Waals surface area contributed by atoms with Crippen molar-refractivity contribution in [1.82, 2.24) is 5.32 Å². The number of carbonyl (C=O) groups excluding carboxylic acids is 1. The van der Waals surface area contributed by atoms with E-state index in [9.17, 15) is 4.79 Å². The van der Waals surface area contributed by atoms with Crippen LogP contribution in [0, 0.1) is 5.92 Å². The number of hydrogen-bond acceptors (Lipinski definition) is 5. The molecule has 2 heterocycles. The van der Waals surface area contributed by atoms with Gasteiger partial charge < -0.3 is 19.5 Å². The zero-order valence-corrected chi connectivity index (χ0v) is 16.8. The number of benzene rings is 2. The number of ether oxygens (including phenoxy) is 3. The van der Waals surface area contributed by atoms with E-state index in [-0.39, 0.29) is 12.0 Å². The molecule has 1 fully saturated rings. The normalized spacial score (nSPS) is 25.2. The molecule has 6 nitrogen and oxygen atoms in total. The second kappa shape index (κ2) is 6.98. The summed E-state index contributed by atoms with van der Waals surface area (Å²) in [6.07, 6.45) is 0. The van der Waals surface area contributed by atoms with Gasteiger partial charge in [-0.3, -0.25) is 9.69 Å². The lowest BCUT2D eigenvalue weighted by atomic mass is 9.79. The maximum absolute atomic E-state index is 13.0. The number of para-hydroxylation sites is 1. The Labute approximate surface area is 169 Å². The van der Waals surface area contributed by atoms with Gasteiger partial charge in [0.15, 0.2) is 5.11 Å². The van der Waals surface area contributed by atoms with Crippen molar-refractivity contribution in [2.45, 2.75) is 25.6 Å². The second-order valence-electron chi connectivity index (χ2n) is 6.89. The van der Waals surface area contributed by atoms with Gasteiger partial charge in [-0.25, -0.2) is 0 Å². The Morgan fingerprint density at radius 1 is 1.29 bits per heavy atom. The van der Waals surface area contributed by atoms with E-state index in [0.717, 1.165) is 11.3 Å². The minimum atomic E-state index is -1.04. The Kier molecular flexibility index (Phi) is 4.63. The predicted octanol–water partition coefficient (Wildman–Crippen LogP) is 3.42. The van der Waals surface area contributed by atoms with Gasteiger partial charge >= 0.3 is 5.97 Å². The fourth-order valence-corrected chi connectivity index (χ4v) is 4.46. The minimum Gasteiger partial charge on any atom is -0.497 e. The van der Waals surface area contributed by atoms with Crippen LogP contribution in [0.3, 0.4) is 0 Å². The number of nitrogens with zero attached hydrogens (tertiary/aromatic N) is 1. The zero-order chi connectivity index (χ0) is 19.9. The predicted molar refractivity (Wildman–Crippen MR) is 110 cm³/mol. The van der Waals surface area contributed by atoms with Crippen molar-refractivity contribution < 1.29 is 19.0 Å². The van der Waals surface area contributed by atoms with Crippen molar-refractivity contribution in [2.24, 2.45) is 5.92 Å². The van der Waals surface area contributed by atoms with Crippen LogP contribution in [0.15, 0.2) is 48.5 Å². The number of fused-ring (bicyclic) bond motifs is 4. The first-order valence-corrected chi connectivity index (χ1v) is 9.59. The summed E-state index contributed by atoms with van der Waals surface area (Å²) in [4.78, 5) is 14.9. The molecule has 3 atom stereocenters. The molecule has 0 amide bonds. The molecule has 2 bridgehead atoms. The topological polar surface area (TPSA) is 60.0 Å². The van der Waals surface area contributed by atoms with Gasteiger partial charge in [-0.2, -0.15) is 0 Å². The van der Waals surface area contributed by atoms with Crippen LogP contribution in [-0.4, -0.2) is 30.5 Å². The molecule has 2 aromatic carbocycles. The van der Waals surface area contributed by atoms with Gasteiger partial charge in [-0.1, -0.05) is 18.2 Å². The first-order valence-electron chi connectivity index (χ1n) is 9.19. The lowest BCUT2D eigenvalue weighted by Crippen LogP contribution is -2.71. The molecule has 0 saturated carbocycles. The lowest BCUT2D eigenvalue weighted by molar-refractivity contribution is -0.159. The Morgan fingerprint density at radius 3 is 2.71 bits per heavy atom. The second-order valence-corrected chi connectivity index (χ2v) is 7.28. The van der Waals surface area contributed by atoms with E-state index in [2.05, 4.69) is 5.32 Å². The van der Waals surface area contributed by atoms with Gasteiger partial charge in [-0.05, 0) is 56.4 Å². The number of hydrogen-bond donors (Lipinski definition) is 1. The van der Waals surface area contributed by atoms with Crippen LogP contribution in [-0.2, 0) is 9.53 Å². The van der Waals surface area contributed by atoms with Crippen LogP contribution >= 0.6 is 12.2 Å². The smallest absolute Gasteiger partial charge is 0.317 e. The molecule has 1 saturated heterocycles. The Hall–Kier alpha value is -2.80. The third-order valence-electron chi connectivity index (χ3n) is 5.26. The largest absolute Gasteiger partial charge is 0.497 e. The molecule has 0 spiro atoms. The van der Waals surface area contributed by atoms with Crippen LogP contribution in [0.2, 0.25) is 0 Å². The van der Waals surface area contributed by atoms with Gasteiger partial charge in [0.1, 0.15) is 17.4 Å². The standard InChI is InChI=1S/C21H22N2O4S/c1-4-26-19(24)17-18-15-12-14(25-3)10-11-16(15)27-21(17,2)23(20(28)22-18)13-8-6-5-7-9-13/h5-12,17-18H,4H2,1-3H3,(H,22,28). The molecular weight excluding hydrogens is 376 g/mol. The molecule has 146 valence electrons. The average molecular weight is 398 g/mol. The number of esters is 1. The molecule has 0 radical (unpaired) electrons. The maximum atomic E-state index is 13.0. The van der Waals surface area contributed by atoms with Crippen LogP contribution in [0.4, 0.5) is 5.69 Å². The van der Waals surface area contributed by atoms with E-state index in [1.165, 1.54) is 0 Å². The highest BCUT2D eigenvalue weighted by molar-refractivity contribution is 7.80. The number of methoxy groups -OCH3 is 1. The summed E-state index contributed by atoms with van der Waals surface area (Å²) in [6.45, 7) is 3.97. The van der Waals surface area contributed by atoms with Crippen LogP contribution in [0.5, 0.6) is 11.5 Å². The van der Waals surface area contributed by atoms with Gasteiger partial charge in [0.2, 0.25) is 5.72 Å². The van der Waals surface area contributed by atoms with Gasteiger partial charge in [0, 0.05) is 11.3 Å². The zero-order valence-electron chi connectivity index (χ0n) is 16.0. The fraction of sp³-hybridized carbons (Fsp3) is 0.333. The summed E-state index contributed by atoms with van der Waals surface area (Å²) in [5.74, 6) is 0.412. The van der Waals surface area contributed by atoms with Crippen molar-refractivity contribution in [1.29, 1.82) is 0 Å². The summed E-state index contributed by atoms with van der Waals surface area (Å²) in [5, 5.41) is 3.83. The molecule has 1 N–H and O–H groups in total. The highest BCUT2D eigenvalue weighted by Crippen LogP contribution is 2.50. The molecule has 2 aliphatic heterocycles. The van der Waals surface area contributed by atoms with E-state index in [1.54, 1.807) is 14.0 Å². The summed E-state index contributed by atoms with van der Waals surface area (Å²) >= 11 is 5.68. The van der Waals surface area contributed by atoms with E-state index in [4.69, 9.17) is 26.4 Å². The third kappa shape index (κ3) is 2.77. The highest BCUT2D eigenvalue weighted by atomic mass is 32.1. The first-order chi connectivity index (χ1) is 13.5. The summed E-state index contributed by atoms with van der Waals surface area (Å²) in [7, 11) is 1.61. The molecule has 3 unspecified atom stereocenters. The number of rotatable bonds is 4.